The van der Waals surface area contributed by atoms with Gasteiger partial charge in [-0.2, -0.15) is 0 Å². The zero-order valence-electron chi connectivity index (χ0n) is 6.70. The summed E-state index contributed by atoms with van der Waals surface area (Å²) in [5, 5.41) is 0. The summed E-state index contributed by atoms with van der Waals surface area (Å²) in [5.41, 5.74) is 0. The Kier molecular flexibility index (Phi) is 4.10. The van der Waals surface area contributed by atoms with Gasteiger partial charge in [-0.25, -0.2) is 8.42 Å². The fourth-order valence-electron chi connectivity index (χ4n) is 0.523. The van der Waals surface area contributed by atoms with Crippen molar-refractivity contribution >= 4 is 15.9 Å². The summed E-state index contributed by atoms with van der Waals surface area (Å²) in [6, 6.07) is 0. The summed E-state index contributed by atoms with van der Waals surface area (Å²) in [6.07, 6.45) is 0.631. The van der Waals surface area contributed by atoms with Gasteiger partial charge in [-0.3, -0.25) is 4.79 Å². The molecule has 0 atom stereocenters. The van der Waals surface area contributed by atoms with E-state index in [1.807, 2.05) is 0 Å². The Morgan fingerprint density at radius 3 is 2.27 bits per heavy atom. The van der Waals surface area contributed by atoms with Gasteiger partial charge in [0.05, 0.1) is 5.75 Å². The van der Waals surface area contributed by atoms with E-state index >= 15 is 0 Å². The van der Waals surface area contributed by atoms with Gasteiger partial charge >= 0.3 is 0 Å². The Morgan fingerprint density at radius 2 is 1.91 bits per heavy atom. The third-order valence-corrected chi connectivity index (χ3v) is 2.41. The van der Waals surface area contributed by atoms with E-state index in [9.17, 15) is 13.2 Å². The van der Waals surface area contributed by atoms with Gasteiger partial charge in [-0.05, 0) is 6.42 Å². The molecule has 5 heteroatoms. The molecule has 0 rings (SSSR count). The SMILES string of the molecule is CCCS(=O)(=O)[N]C(=O)CC. The van der Waals surface area contributed by atoms with Crippen molar-refractivity contribution in [1.29, 1.82) is 0 Å². The Hall–Kier alpha value is -0.580. The van der Waals surface area contributed by atoms with Crippen LogP contribution in [0, 0.1) is 0 Å². The first-order valence-electron chi connectivity index (χ1n) is 3.50. The number of carbonyl (C=O) groups excluding carboxylic acids is 1. The second-order valence-corrected chi connectivity index (χ2v) is 3.88. The quantitative estimate of drug-likeness (QED) is 0.620. The van der Waals surface area contributed by atoms with E-state index in [-0.39, 0.29) is 12.2 Å². The van der Waals surface area contributed by atoms with Crippen LogP contribution in [-0.4, -0.2) is 20.1 Å². The lowest BCUT2D eigenvalue weighted by Gasteiger charge is -1.98. The van der Waals surface area contributed by atoms with Gasteiger partial charge in [0.1, 0.15) is 0 Å². The minimum absolute atomic E-state index is 0.0429. The van der Waals surface area contributed by atoms with E-state index in [1.54, 1.807) is 13.8 Å². The van der Waals surface area contributed by atoms with Crippen molar-refractivity contribution in [1.82, 2.24) is 4.72 Å². The number of carbonyl (C=O) groups is 1. The molecule has 0 saturated heterocycles. The number of rotatable bonds is 4. The number of nitrogens with zero attached hydrogens (tertiary/aromatic N) is 1. The molecule has 0 aliphatic rings. The van der Waals surface area contributed by atoms with Gasteiger partial charge in [0, 0.05) is 6.42 Å². The van der Waals surface area contributed by atoms with Crippen molar-refractivity contribution in [3.8, 4) is 0 Å². The van der Waals surface area contributed by atoms with E-state index in [0.29, 0.717) is 6.42 Å². The first-order valence-corrected chi connectivity index (χ1v) is 5.11. The first kappa shape index (κ1) is 10.4. The molecule has 0 aromatic heterocycles. The summed E-state index contributed by atoms with van der Waals surface area (Å²) in [4.78, 5) is 10.6. The molecule has 0 heterocycles. The smallest absolute Gasteiger partial charge is 0.256 e. The molecule has 0 fully saturated rings. The zero-order chi connectivity index (χ0) is 8.91. The first-order chi connectivity index (χ1) is 5.02. The highest BCUT2D eigenvalue weighted by Crippen LogP contribution is 1.91. The van der Waals surface area contributed by atoms with Crippen molar-refractivity contribution in [2.75, 3.05) is 5.75 Å². The van der Waals surface area contributed by atoms with Gasteiger partial charge < -0.3 is 0 Å². The molecule has 0 aromatic carbocycles. The van der Waals surface area contributed by atoms with Gasteiger partial charge in [0.2, 0.25) is 0 Å². The van der Waals surface area contributed by atoms with Crippen molar-refractivity contribution in [2.45, 2.75) is 26.7 Å². The van der Waals surface area contributed by atoms with Gasteiger partial charge in [0.25, 0.3) is 15.9 Å². The molecular weight excluding hydrogens is 166 g/mol. The number of hydrogen-bond acceptors (Lipinski definition) is 3. The van der Waals surface area contributed by atoms with E-state index < -0.39 is 15.9 Å². The lowest BCUT2D eigenvalue weighted by molar-refractivity contribution is -0.119. The van der Waals surface area contributed by atoms with Crippen LogP contribution in [0.3, 0.4) is 0 Å². The monoisotopic (exact) mass is 178 g/mol. The van der Waals surface area contributed by atoms with Gasteiger partial charge in [0.15, 0.2) is 0 Å². The summed E-state index contributed by atoms with van der Waals surface area (Å²) in [7, 11) is -3.47. The highest BCUT2D eigenvalue weighted by atomic mass is 32.2. The fourth-order valence-corrected chi connectivity index (χ4v) is 1.57. The maximum atomic E-state index is 10.8. The van der Waals surface area contributed by atoms with Crippen LogP contribution < -0.4 is 4.72 Å². The van der Waals surface area contributed by atoms with Crippen LogP contribution in [0.5, 0.6) is 0 Å². The molecule has 1 amide bonds. The standard InChI is InChI=1S/C6H12NO3S/c1-3-5-11(9,10)7-6(8)4-2/h3-5H2,1-2H3. The number of amides is 1. The average molecular weight is 178 g/mol. The summed E-state index contributed by atoms with van der Waals surface area (Å²) >= 11 is 0. The lowest BCUT2D eigenvalue weighted by Crippen LogP contribution is -2.24. The van der Waals surface area contributed by atoms with Gasteiger partial charge in [-0.15, -0.1) is 4.72 Å². The third-order valence-electron chi connectivity index (χ3n) is 1.01. The molecule has 1 radical (unpaired) electrons. The van der Waals surface area contributed by atoms with Crippen molar-refractivity contribution in [3.63, 3.8) is 0 Å². The largest absolute Gasteiger partial charge is 0.272 e. The molecule has 0 unspecified atom stereocenters. The minimum Gasteiger partial charge on any atom is -0.272 e. The van der Waals surface area contributed by atoms with Crippen LogP contribution in [0.2, 0.25) is 0 Å². The van der Waals surface area contributed by atoms with Crippen LogP contribution in [0.1, 0.15) is 26.7 Å². The molecule has 0 aromatic rings. The molecular formula is C6H12NO3S. The second-order valence-electron chi connectivity index (χ2n) is 2.12. The highest BCUT2D eigenvalue weighted by molar-refractivity contribution is 7.89. The van der Waals surface area contributed by atoms with E-state index in [2.05, 4.69) is 4.72 Å². The number of sulfonamides is 1. The third kappa shape index (κ3) is 4.78. The Bertz CT molecular complexity index is 220. The fraction of sp³-hybridized carbons (Fsp3) is 0.833. The zero-order valence-corrected chi connectivity index (χ0v) is 7.52. The normalized spacial score (nSPS) is 11.1. The topological polar surface area (TPSA) is 65.3 Å². The minimum atomic E-state index is -3.47. The Balaban J connectivity index is 4.03. The van der Waals surface area contributed by atoms with Crippen molar-refractivity contribution < 1.29 is 13.2 Å². The van der Waals surface area contributed by atoms with Crippen LogP contribution >= 0.6 is 0 Å². The molecule has 11 heavy (non-hydrogen) atoms. The Morgan fingerprint density at radius 1 is 1.36 bits per heavy atom. The van der Waals surface area contributed by atoms with Crippen LogP contribution in [0.4, 0.5) is 0 Å². The Labute approximate surface area is 67.0 Å². The van der Waals surface area contributed by atoms with E-state index in [4.69, 9.17) is 0 Å². The molecule has 0 aliphatic carbocycles. The molecule has 0 spiro atoms. The summed E-state index contributed by atoms with van der Waals surface area (Å²) < 4.78 is 24.7. The molecule has 0 bridgehead atoms. The van der Waals surface area contributed by atoms with Crippen LogP contribution in [-0.2, 0) is 14.8 Å². The van der Waals surface area contributed by atoms with E-state index in [1.165, 1.54) is 0 Å². The molecule has 0 saturated carbocycles. The van der Waals surface area contributed by atoms with Crippen molar-refractivity contribution in [2.24, 2.45) is 0 Å². The lowest BCUT2D eigenvalue weighted by atomic mass is 10.5. The molecule has 4 nitrogen and oxygen atoms in total. The van der Waals surface area contributed by atoms with E-state index in [0.717, 1.165) is 0 Å². The molecule has 0 aliphatic heterocycles. The maximum Gasteiger partial charge on any atom is 0.256 e. The molecule has 65 valence electrons. The number of hydrogen-bond donors (Lipinski definition) is 0. The predicted molar refractivity (Wildman–Crippen MR) is 41.5 cm³/mol. The van der Waals surface area contributed by atoms with Crippen molar-refractivity contribution in [3.05, 3.63) is 0 Å². The molecule has 0 N–H and O–H groups in total. The van der Waals surface area contributed by atoms with Gasteiger partial charge in [-0.1, -0.05) is 13.8 Å². The van der Waals surface area contributed by atoms with Crippen LogP contribution in [0.15, 0.2) is 0 Å². The second kappa shape index (κ2) is 4.33. The van der Waals surface area contributed by atoms with Crippen LogP contribution in [0.25, 0.3) is 0 Å². The highest BCUT2D eigenvalue weighted by Gasteiger charge is 2.13. The predicted octanol–water partition coefficient (Wildman–Crippen LogP) is 0.267. The summed E-state index contributed by atoms with van der Waals surface area (Å²) in [5.74, 6) is -0.614. The summed E-state index contributed by atoms with van der Waals surface area (Å²) in [6.45, 7) is 3.30. The average Bonchev–Trinajstić information content (AvgIpc) is 1.86. The maximum absolute atomic E-state index is 10.8.